The Morgan fingerprint density at radius 3 is 2.46 bits per heavy atom. The normalized spacial score (nSPS) is 17.3. The molecule has 0 spiro atoms. The van der Waals surface area contributed by atoms with Crippen molar-refractivity contribution in [2.24, 2.45) is 5.92 Å². The smallest absolute Gasteiger partial charge is 0.242 e. The van der Waals surface area contributed by atoms with Gasteiger partial charge in [0.25, 0.3) is 0 Å². The van der Waals surface area contributed by atoms with E-state index in [2.05, 4.69) is 23.7 Å². The third kappa shape index (κ3) is 4.60. The molecule has 1 heterocycles. The zero-order chi connectivity index (χ0) is 17.7. The van der Waals surface area contributed by atoms with Gasteiger partial charge in [-0.3, -0.25) is 4.79 Å². The summed E-state index contributed by atoms with van der Waals surface area (Å²) in [6.45, 7) is 9.18. The first-order valence-electron chi connectivity index (χ1n) is 8.32. The van der Waals surface area contributed by atoms with E-state index in [0.29, 0.717) is 5.69 Å². The molecule has 6 heteroatoms. The van der Waals surface area contributed by atoms with Gasteiger partial charge in [-0.15, -0.1) is 6.58 Å². The van der Waals surface area contributed by atoms with Gasteiger partial charge in [-0.05, 0) is 49.9 Å². The lowest BCUT2D eigenvalue weighted by Crippen LogP contribution is -2.34. The molecule has 1 atom stereocenters. The third-order valence-corrected chi connectivity index (χ3v) is 6.53. The van der Waals surface area contributed by atoms with Crippen molar-refractivity contribution >= 4 is 27.1 Å². The molecular formula is C18H26N2O3S. The summed E-state index contributed by atoms with van der Waals surface area (Å²) in [5.74, 6) is 0.0590. The molecule has 0 aromatic heterocycles. The fourth-order valence-electron chi connectivity index (χ4n) is 2.74. The summed E-state index contributed by atoms with van der Waals surface area (Å²) in [5.41, 5.74) is 1.74. The fraction of sp³-hybridized carbons (Fsp3) is 0.500. The van der Waals surface area contributed by atoms with Gasteiger partial charge in [-0.2, -0.15) is 0 Å². The molecule has 2 rings (SSSR count). The van der Waals surface area contributed by atoms with Crippen LogP contribution in [-0.2, 0) is 14.6 Å². The Labute approximate surface area is 144 Å². The Hall–Kier alpha value is -1.82. The van der Waals surface area contributed by atoms with Gasteiger partial charge < -0.3 is 10.2 Å². The Morgan fingerprint density at radius 2 is 1.92 bits per heavy atom. The van der Waals surface area contributed by atoms with Crippen molar-refractivity contribution in [3.63, 3.8) is 0 Å². The van der Waals surface area contributed by atoms with E-state index in [0.717, 1.165) is 24.7 Å². The highest BCUT2D eigenvalue weighted by Crippen LogP contribution is 2.24. The van der Waals surface area contributed by atoms with Crippen molar-refractivity contribution in [3.05, 3.63) is 36.9 Å². The number of nitrogens with zero attached hydrogens (tertiary/aromatic N) is 1. The van der Waals surface area contributed by atoms with E-state index in [1.807, 2.05) is 24.3 Å². The number of nitrogens with one attached hydrogen (secondary N) is 1. The number of hydrogen-bond acceptors (Lipinski definition) is 4. The van der Waals surface area contributed by atoms with Crippen LogP contribution < -0.4 is 10.2 Å². The van der Waals surface area contributed by atoms with Crippen molar-refractivity contribution in [1.82, 2.24) is 0 Å². The minimum atomic E-state index is -3.50. The topological polar surface area (TPSA) is 66.5 Å². The molecule has 1 aliphatic rings. The van der Waals surface area contributed by atoms with Crippen LogP contribution in [0.4, 0.5) is 11.4 Å². The van der Waals surface area contributed by atoms with E-state index < -0.39 is 21.0 Å². The lowest BCUT2D eigenvalue weighted by Gasteiger charge is -2.32. The van der Waals surface area contributed by atoms with Gasteiger partial charge in [-0.1, -0.05) is 13.0 Å². The van der Waals surface area contributed by atoms with Crippen molar-refractivity contribution in [2.45, 2.75) is 31.9 Å². The van der Waals surface area contributed by atoms with Gasteiger partial charge in [0.1, 0.15) is 5.25 Å². The van der Waals surface area contributed by atoms with E-state index in [4.69, 9.17) is 0 Å². The number of piperidine rings is 1. The maximum atomic E-state index is 12.1. The van der Waals surface area contributed by atoms with Crippen LogP contribution in [-0.4, -0.2) is 38.4 Å². The molecule has 1 N–H and O–H groups in total. The van der Waals surface area contributed by atoms with Gasteiger partial charge in [0.15, 0.2) is 9.84 Å². The van der Waals surface area contributed by atoms with Crippen molar-refractivity contribution in [3.8, 4) is 0 Å². The molecule has 1 aliphatic heterocycles. The molecule has 1 saturated heterocycles. The Balaban J connectivity index is 1.98. The Bertz CT molecular complexity index is 675. The van der Waals surface area contributed by atoms with Crippen LogP contribution >= 0.6 is 0 Å². The predicted molar refractivity (Wildman–Crippen MR) is 99.1 cm³/mol. The molecule has 1 unspecified atom stereocenters. The SMILES string of the molecule is C=CCS(=O)(=O)C(C)C(=O)Nc1ccc(N2CCC(C)CC2)cc1. The molecule has 1 aromatic rings. The number of rotatable bonds is 6. The van der Waals surface area contributed by atoms with Gasteiger partial charge >= 0.3 is 0 Å². The Kier molecular flexibility index (Phi) is 6.04. The molecule has 0 saturated carbocycles. The first-order chi connectivity index (χ1) is 11.3. The average Bonchev–Trinajstić information content (AvgIpc) is 2.55. The summed E-state index contributed by atoms with van der Waals surface area (Å²) in [6.07, 6.45) is 3.68. The maximum absolute atomic E-state index is 12.1. The summed E-state index contributed by atoms with van der Waals surface area (Å²) in [5, 5.41) is 1.57. The van der Waals surface area contributed by atoms with Gasteiger partial charge in [-0.25, -0.2) is 8.42 Å². The molecule has 24 heavy (non-hydrogen) atoms. The fourth-order valence-corrected chi connectivity index (χ4v) is 3.74. The van der Waals surface area contributed by atoms with E-state index in [-0.39, 0.29) is 5.75 Å². The summed E-state index contributed by atoms with van der Waals surface area (Å²) in [7, 11) is -3.50. The van der Waals surface area contributed by atoms with Crippen molar-refractivity contribution in [2.75, 3.05) is 29.1 Å². The molecule has 1 amide bonds. The van der Waals surface area contributed by atoms with Crippen LogP contribution in [0.1, 0.15) is 26.7 Å². The lowest BCUT2D eigenvalue weighted by atomic mass is 9.99. The highest BCUT2D eigenvalue weighted by molar-refractivity contribution is 7.92. The summed E-state index contributed by atoms with van der Waals surface area (Å²) in [4.78, 5) is 14.5. The summed E-state index contributed by atoms with van der Waals surface area (Å²) in [6, 6.07) is 7.57. The van der Waals surface area contributed by atoms with Crippen LogP contribution in [0.2, 0.25) is 0 Å². The number of hydrogen-bond donors (Lipinski definition) is 1. The van der Waals surface area contributed by atoms with Crippen LogP contribution in [0.3, 0.4) is 0 Å². The van der Waals surface area contributed by atoms with Crippen molar-refractivity contribution < 1.29 is 13.2 Å². The Morgan fingerprint density at radius 1 is 1.33 bits per heavy atom. The standard InChI is InChI=1S/C18H26N2O3S/c1-4-13-24(22,23)15(3)18(21)19-16-5-7-17(8-6-16)20-11-9-14(2)10-12-20/h4-8,14-15H,1,9-13H2,2-3H3,(H,19,21). The zero-order valence-electron chi connectivity index (χ0n) is 14.4. The second-order valence-corrected chi connectivity index (χ2v) is 8.83. The highest BCUT2D eigenvalue weighted by atomic mass is 32.2. The first-order valence-corrected chi connectivity index (χ1v) is 10.0. The third-order valence-electron chi connectivity index (χ3n) is 4.54. The van der Waals surface area contributed by atoms with Gasteiger partial charge in [0, 0.05) is 24.5 Å². The van der Waals surface area contributed by atoms with E-state index in [1.165, 1.54) is 25.8 Å². The quantitative estimate of drug-likeness (QED) is 0.801. The zero-order valence-corrected chi connectivity index (χ0v) is 15.2. The monoisotopic (exact) mass is 350 g/mol. The molecule has 0 aliphatic carbocycles. The predicted octanol–water partition coefficient (Wildman–Crippen LogP) is 2.85. The van der Waals surface area contributed by atoms with Gasteiger partial charge in [0.05, 0.1) is 5.75 Å². The van der Waals surface area contributed by atoms with Crippen LogP contribution in [0.5, 0.6) is 0 Å². The molecule has 1 aromatic carbocycles. The number of amides is 1. The summed E-state index contributed by atoms with van der Waals surface area (Å²) >= 11 is 0. The second-order valence-electron chi connectivity index (χ2n) is 6.47. The van der Waals surface area contributed by atoms with E-state index in [1.54, 1.807) is 0 Å². The number of carbonyl (C=O) groups excluding carboxylic acids is 1. The molecule has 0 radical (unpaired) electrons. The summed E-state index contributed by atoms with van der Waals surface area (Å²) < 4.78 is 23.8. The van der Waals surface area contributed by atoms with E-state index >= 15 is 0 Å². The highest BCUT2D eigenvalue weighted by Gasteiger charge is 2.26. The lowest BCUT2D eigenvalue weighted by molar-refractivity contribution is -0.115. The second kappa shape index (κ2) is 7.83. The maximum Gasteiger partial charge on any atom is 0.242 e. The largest absolute Gasteiger partial charge is 0.372 e. The van der Waals surface area contributed by atoms with Crippen LogP contribution in [0.15, 0.2) is 36.9 Å². The first kappa shape index (κ1) is 18.5. The van der Waals surface area contributed by atoms with Crippen LogP contribution in [0.25, 0.3) is 0 Å². The molecule has 132 valence electrons. The van der Waals surface area contributed by atoms with Crippen molar-refractivity contribution in [1.29, 1.82) is 0 Å². The molecule has 0 bridgehead atoms. The number of carbonyl (C=O) groups is 1. The van der Waals surface area contributed by atoms with Crippen LogP contribution in [0, 0.1) is 5.92 Å². The number of anilines is 2. The van der Waals surface area contributed by atoms with Gasteiger partial charge in [0.2, 0.25) is 5.91 Å². The minimum absolute atomic E-state index is 0.200. The minimum Gasteiger partial charge on any atom is -0.372 e. The average molecular weight is 350 g/mol. The van der Waals surface area contributed by atoms with E-state index in [9.17, 15) is 13.2 Å². The number of benzene rings is 1. The molecule has 1 fully saturated rings. The molecular weight excluding hydrogens is 324 g/mol. The number of sulfone groups is 1. The molecule has 5 nitrogen and oxygen atoms in total.